The highest BCUT2D eigenvalue weighted by atomic mass is 16.5. The molecule has 0 spiro atoms. The maximum atomic E-state index is 12.2. The molecule has 2 aromatic rings. The Balaban J connectivity index is 1.54. The van der Waals surface area contributed by atoms with Gasteiger partial charge < -0.3 is 25.0 Å². The molecule has 1 aliphatic rings. The number of carbonyl (C=O) groups is 2. The van der Waals surface area contributed by atoms with Crippen molar-refractivity contribution in [3.05, 3.63) is 47.5 Å². The highest BCUT2D eigenvalue weighted by Gasteiger charge is 2.17. The van der Waals surface area contributed by atoms with Crippen LogP contribution in [0.3, 0.4) is 0 Å². The number of carbonyl (C=O) groups excluding carboxylic acids is 2. The second-order valence-corrected chi connectivity index (χ2v) is 7.01. The summed E-state index contributed by atoms with van der Waals surface area (Å²) in [5, 5.41) is 5.24. The molecule has 1 heterocycles. The van der Waals surface area contributed by atoms with E-state index in [-0.39, 0.29) is 0 Å². The average molecular weight is 397 g/mol. The quantitative estimate of drug-likeness (QED) is 0.732. The molecular weight excluding hydrogens is 370 g/mol. The number of hydrogen-bond donors (Lipinski definition) is 2. The zero-order chi connectivity index (χ0) is 20.8. The lowest BCUT2D eigenvalue weighted by Gasteiger charge is -2.27. The predicted molar refractivity (Wildman–Crippen MR) is 113 cm³/mol. The van der Waals surface area contributed by atoms with Gasteiger partial charge >= 0.3 is 11.8 Å². The van der Waals surface area contributed by atoms with Crippen LogP contribution in [-0.2, 0) is 22.4 Å². The molecule has 154 valence electrons. The van der Waals surface area contributed by atoms with Crippen molar-refractivity contribution in [3.63, 3.8) is 0 Å². The minimum absolute atomic E-state index is 0.380. The van der Waals surface area contributed by atoms with Crippen molar-refractivity contribution in [1.29, 1.82) is 0 Å². The highest BCUT2D eigenvalue weighted by molar-refractivity contribution is 6.39. The molecule has 0 radical (unpaired) electrons. The van der Waals surface area contributed by atoms with E-state index < -0.39 is 11.8 Å². The fourth-order valence-corrected chi connectivity index (χ4v) is 3.49. The van der Waals surface area contributed by atoms with Crippen molar-refractivity contribution >= 4 is 23.2 Å². The van der Waals surface area contributed by atoms with Gasteiger partial charge in [0.05, 0.1) is 19.9 Å². The molecule has 1 aliphatic heterocycles. The lowest BCUT2D eigenvalue weighted by molar-refractivity contribution is -0.136. The highest BCUT2D eigenvalue weighted by Crippen LogP contribution is 2.29. The molecule has 0 fully saturated rings. The third kappa shape index (κ3) is 4.99. The first kappa shape index (κ1) is 20.5. The normalized spacial score (nSPS) is 12.7. The SMILES string of the molecule is COc1ccc(OC)c(NC(=O)C(=O)NCCc2ccc3c(c2)CCCN3C)c1. The van der Waals surface area contributed by atoms with E-state index in [9.17, 15) is 9.59 Å². The summed E-state index contributed by atoms with van der Waals surface area (Å²) < 4.78 is 10.4. The van der Waals surface area contributed by atoms with Gasteiger partial charge in [0.25, 0.3) is 0 Å². The predicted octanol–water partition coefficient (Wildman–Crippen LogP) is 2.38. The Morgan fingerprint density at radius 2 is 1.90 bits per heavy atom. The van der Waals surface area contributed by atoms with Crippen LogP contribution in [0.4, 0.5) is 11.4 Å². The maximum absolute atomic E-state index is 12.2. The monoisotopic (exact) mass is 397 g/mol. The van der Waals surface area contributed by atoms with Crippen molar-refractivity contribution in [2.75, 3.05) is 44.6 Å². The molecule has 7 nitrogen and oxygen atoms in total. The van der Waals surface area contributed by atoms with Gasteiger partial charge in [-0.05, 0) is 48.6 Å². The summed E-state index contributed by atoms with van der Waals surface area (Å²) in [6.45, 7) is 1.46. The van der Waals surface area contributed by atoms with Crippen LogP contribution in [0.25, 0.3) is 0 Å². The summed E-state index contributed by atoms with van der Waals surface area (Å²) in [7, 11) is 5.13. The van der Waals surface area contributed by atoms with E-state index in [1.54, 1.807) is 18.2 Å². The molecule has 0 saturated carbocycles. The topological polar surface area (TPSA) is 79.9 Å². The summed E-state index contributed by atoms with van der Waals surface area (Å²) in [5.41, 5.74) is 4.14. The molecule has 2 aromatic carbocycles. The van der Waals surface area contributed by atoms with Gasteiger partial charge in [0, 0.05) is 31.9 Å². The summed E-state index contributed by atoms with van der Waals surface area (Å²) >= 11 is 0. The Morgan fingerprint density at radius 1 is 1.07 bits per heavy atom. The van der Waals surface area contributed by atoms with Crippen molar-refractivity contribution in [3.8, 4) is 11.5 Å². The van der Waals surface area contributed by atoms with E-state index in [0.29, 0.717) is 30.2 Å². The number of amides is 2. The zero-order valence-corrected chi connectivity index (χ0v) is 17.1. The molecule has 0 unspecified atom stereocenters. The van der Waals surface area contributed by atoms with Gasteiger partial charge in [0.2, 0.25) is 0 Å². The maximum Gasteiger partial charge on any atom is 0.313 e. The third-order valence-electron chi connectivity index (χ3n) is 5.06. The largest absolute Gasteiger partial charge is 0.497 e. The molecule has 29 heavy (non-hydrogen) atoms. The summed E-state index contributed by atoms with van der Waals surface area (Å²) in [5.74, 6) is -0.429. The molecule has 0 aliphatic carbocycles. The van der Waals surface area contributed by atoms with Crippen LogP contribution >= 0.6 is 0 Å². The minimum Gasteiger partial charge on any atom is -0.497 e. The Hall–Kier alpha value is -3.22. The number of hydrogen-bond acceptors (Lipinski definition) is 5. The Labute approximate surface area is 171 Å². The molecule has 0 saturated heterocycles. The number of benzene rings is 2. The van der Waals surface area contributed by atoms with Crippen LogP contribution in [0, 0.1) is 0 Å². The number of ether oxygens (including phenoxy) is 2. The van der Waals surface area contributed by atoms with Crippen molar-refractivity contribution in [1.82, 2.24) is 5.32 Å². The van der Waals surface area contributed by atoms with E-state index in [0.717, 1.165) is 24.9 Å². The van der Waals surface area contributed by atoms with Crippen LogP contribution in [-0.4, -0.2) is 46.2 Å². The smallest absolute Gasteiger partial charge is 0.313 e. The molecule has 3 rings (SSSR count). The lowest BCUT2D eigenvalue weighted by atomic mass is 9.98. The van der Waals surface area contributed by atoms with Gasteiger partial charge in [-0.25, -0.2) is 0 Å². The fourth-order valence-electron chi connectivity index (χ4n) is 3.49. The van der Waals surface area contributed by atoms with Crippen molar-refractivity contribution in [2.24, 2.45) is 0 Å². The number of nitrogens with zero attached hydrogens (tertiary/aromatic N) is 1. The van der Waals surface area contributed by atoms with Gasteiger partial charge in [-0.15, -0.1) is 0 Å². The number of nitrogens with one attached hydrogen (secondary N) is 2. The molecule has 2 N–H and O–H groups in total. The number of rotatable bonds is 6. The van der Waals surface area contributed by atoms with Gasteiger partial charge in [-0.2, -0.15) is 0 Å². The molecule has 7 heteroatoms. The second-order valence-electron chi connectivity index (χ2n) is 7.01. The van der Waals surface area contributed by atoms with Crippen LogP contribution in [0.15, 0.2) is 36.4 Å². The van der Waals surface area contributed by atoms with Crippen molar-refractivity contribution in [2.45, 2.75) is 19.3 Å². The standard InChI is InChI=1S/C22H27N3O4/c1-25-12-4-5-16-13-15(6-8-19(16)25)10-11-23-21(26)22(27)24-18-14-17(28-2)7-9-20(18)29-3/h6-9,13-14H,4-5,10-12H2,1-3H3,(H,23,26)(H,24,27). The number of anilines is 2. The van der Waals surface area contributed by atoms with Crippen LogP contribution in [0.2, 0.25) is 0 Å². The first-order chi connectivity index (χ1) is 14.0. The molecular formula is C22H27N3O4. The Bertz CT molecular complexity index is 898. The number of fused-ring (bicyclic) bond motifs is 1. The molecule has 0 aromatic heterocycles. The Morgan fingerprint density at radius 3 is 2.66 bits per heavy atom. The number of methoxy groups -OCH3 is 2. The van der Waals surface area contributed by atoms with Crippen molar-refractivity contribution < 1.29 is 19.1 Å². The van der Waals surface area contributed by atoms with Crippen LogP contribution in [0.5, 0.6) is 11.5 Å². The first-order valence-electron chi connectivity index (χ1n) is 9.66. The van der Waals surface area contributed by atoms with Gasteiger partial charge in [-0.3, -0.25) is 9.59 Å². The molecule has 0 bridgehead atoms. The van der Waals surface area contributed by atoms with Gasteiger partial charge in [0.1, 0.15) is 11.5 Å². The number of aryl methyl sites for hydroxylation is 1. The summed E-state index contributed by atoms with van der Waals surface area (Å²) in [6, 6.07) is 11.4. The van der Waals surface area contributed by atoms with Crippen LogP contribution < -0.4 is 25.0 Å². The average Bonchev–Trinajstić information content (AvgIpc) is 2.73. The minimum atomic E-state index is -0.747. The summed E-state index contributed by atoms with van der Waals surface area (Å²) in [6.07, 6.45) is 2.89. The van der Waals surface area contributed by atoms with E-state index in [1.807, 2.05) is 0 Å². The van der Waals surface area contributed by atoms with Gasteiger partial charge in [-0.1, -0.05) is 12.1 Å². The van der Waals surface area contributed by atoms with E-state index in [2.05, 4.69) is 40.8 Å². The summed E-state index contributed by atoms with van der Waals surface area (Å²) in [4.78, 5) is 26.7. The lowest BCUT2D eigenvalue weighted by Crippen LogP contribution is -2.36. The van der Waals surface area contributed by atoms with E-state index in [4.69, 9.17) is 9.47 Å². The molecule has 0 atom stereocenters. The van der Waals surface area contributed by atoms with Gasteiger partial charge in [0.15, 0.2) is 0 Å². The third-order valence-corrected chi connectivity index (χ3v) is 5.06. The molecule has 2 amide bonds. The zero-order valence-electron chi connectivity index (χ0n) is 17.1. The van der Waals surface area contributed by atoms with E-state index in [1.165, 1.54) is 25.5 Å². The Kier molecular flexibility index (Phi) is 6.59. The fraction of sp³-hybridized carbons (Fsp3) is 0.364. The second kappa shape index (κ2) is 9.32. The van der Waals surface area contributed by atoms with Crippen LogP contribution in [0.1, 0.15) is 17.5 Å². The first-order valence-corrected chi connectivity index (χ1v) is 9.66. The van der Waals surface area contributed by atoms with E-state index >= 15 is 0 Å².